The molecule has 1 aliphatic heterocycles. The van der Waals surface area contributed by atoms with Crippen LogP contribution in [-0.4, -0.2) is 43.2 Å². The first kappa shape index (κ1) is 11.7. The van der Waals surface area contributed by atoms with Gasteiger partial charge >= 0.3 is 6.03 Å². The van der Waals surface area contributed by atoms with Gasteiger partial charge in [-0.3, -0.25) is 0 Å². The molecule has 0 aromatic rings. The number of piperidine rings is 1. The zero-order chi connectivity index (χ0) is 11.5. The molecule has 2 rings (SSSR count). The van der Waals surface area contributed by atoms with Crippen LogP contribution in [-0.2, 0) is 0 Å². The third-order valence-electron chi connectivity index (χ3n) is 4.00. The minimum absolute atomic E-state index is 0.145. The SMILES string of the molecule is CNC1CCN(C(=O)NC2CCC2)CC1C. The summed E-state index contributed by atoms with van der Waals surface area (Å²) in [7, 11) is 2.01. The summed E-state index contributed by atoms with van der Waals surface area (Å²) in [5.41, 5.74) is 0. The van der Waals surface area contributed by atoms with Crippen LogP contribution in [0.3, 0.4) is 0 Å². The summed E-state index contributed by atoms with van der Waals surface area (Å²) in [5, 5.41) is 6.42. The third-order valence-corrected chi connectivity index (χ3v) is 4.00. The third kappa shape index (κ3) is 2.48. The zero-order valence-electron chi connectivity index (χ0n) is 10.3. The molecule has 16 heavy (non-hydrogen) atoms. The Morgan fingerprint density at radius 2 is 2.06 bits per heavy atom. The first-order valence-electron chi connectivity index (χ1n) is 6.43. The lowest BCUT2D eigenvalue weighted by Gasteiger charge is -2.38. The van der Waals surface area contributed by atoms with Gasteiger partial charge in [0.15, 0.2) is 0 Å². The smallest absolute Gasteiger partial charge is 0.317 e. The van der Waals surface area contributed by atoms with Crippen LogP contribution in [0.4, 0.5) is 4.79 Å². The number of nitrogens with zero attached hydrogens (tertiary/aromatic N) is 1. The minimum Gasteiger partial charge on any atom is -0.335 e. The van der Waals surface area contributed by atoms with Crippen LogP contribution in [0, 0.1) is 5.92 Å². The summed E-state index contributed by atoms with van der Waals surface area (Å²) in [6, 6.07) is 1.16. The fourth-order valence-electron chi connectivity index (χ4n) is 2.58. The van der Waals surface area contributed by atoms with Gasteiger partial charge in [-0.2, -0.15) is 0 Å². The highest BCUT2D eigenvalue weighted by atomic mass is 16.2. The Labute approximate surface area is 97.8 Å². The largest absolute Gasteiger partial charge is 0.335 e. The van der Waals surface area contributed by atoms with Crippen LogP contribution in [0.1, 0.15) is 32.6 Å². The monoisotopic (exact) mass is 225 g/mol. The summed E-state index contributed by atoms with van der Waals surface area (Å²) < 4.78 is 0. The van der Waals surface area contributed by atoms with E-state index < -0.39 is 0 Å². The molecule has 2 amide bonds. The van der Waals surface area contributed by atoms with Crippen molar-refractivity contribution in [2.24, 2.45) is 5.92 Å². The molecule has 2 aliphatic rings. The summed E-state index contributed by atoms with van der Waals surface area (Å²) in [6.07, 6.45) is 4.65. The normalized spacial score (nSPS) is 31.0. The molecule has 0 bridgehead atoms. The zero-order valence-corrected chi connectivity index (χ0v) is 10.3. The van der Waals surface area contributed by atoms with Gasteiger partial charge in [0.05, 0.1) is 0 Å². The molecule has 2 N–H and O–H groups in total. The molecule has 1 saturated carbocycles. The molecule has 2 fully saturated rings. The number of amides is 2. The van der Waals surface area contributed by atoms with Gasteiger partial charge < -0.3 is 15.5 Å². The number of carbonyl (C=O) groups is 1. The lowest BCUT2D eigenvalue weighted by molar-refractivity contribution is 0.145. The van der Waals surface area contributed by atoms with E-state index in [0.29, 0.717) is 18.0 Å². The van der Waals surface area contributed by atoms with E-state index >= 15 is 0 Å². The van der Waals surface area contributed by atoms with E-state index in [9.17, 15) is 4.79 Å². The highest BCUT2D eigenvalue weighted by molar-refractivity contribution is 5.74. The number of carbonyl (C=O) groups excluding carboxylic acids is 1. The van der Waals surface area contributed by atoms with Gasteiger partial charge in [0.2, 0.25) is 0 Å². The molecule has 2 unspecified atom stereocenters. The number of nitrogens with one attached hydrogen (secondary N) is 2. The first-order chi connectivity index (χ1) is 7.70. The quantitative estimate of drug-likeness (QED) is 0.741. The van der Waals surface area contributed by atoms with E-state index in [-0.39, 0.29) is 6.03 Å². The molecule has 0 aromatic carbocycles. The average Bonchev–Trinajstić information content (AvgIpc) is 2.23. The van der Waals surface area contributed by atoms with E-state index in [4.69, 9.17) is 0 Å². The molecular weight excluding hydrogens is 202 g/mol. The van der Waals surface area contributed by atoms with Gasteiger partial charge in [-0.25, -0.2) is 4.79 Å². The van der Waals surface area contributed by atoms with Crippen molar-refractivity contribution >= 4 is 6.03 Å². The lowest BCUT2D eigenvalue weighted by atomic mass is 9.92. The Bertz CT molecular complexity index is 253. The van der Waals surface area contributed by atoms with Gasteiger partial charge in [-0.05, 0) is 38.6 Å². The molecule has 2 atom stereocenters. The Kier molecular flexibility index (Phi) is 3.69. The molecule has 4 nitrogen and oxygen atoms in total. The van der Waals surface area contributed by atoms with Crippen molar-refractivity contribution in [3.05, 3.63) is 0 Å². The van der Waals surface area contributed by atoms with Gasteiger partial charge in [0, 0.05) is 25.2 Å². The highest BCUT2D eigenvalue weighted by Gasteiger charge is 2.29. The molecule has 0 spiro atoms. The summed E-state index contributed by atoms with van der Waals surface area (Å²) in [4.78, 5) is 13.9. The van der Waals surface area contributed by atoms with Crippen molar-refractivity contribution in [2.75, 3.05) is 20.1 Å². The first-order valence-corrected chi connectivity index (χ1v) is 6.43. The van der Waals surface area contributed by atoms with Crippen LogP contribution in [0.5, 0.6) is 0 Å². The maximum Gasteiger partial charge on any atom is 0.317 e. The number of urea groups is 1. The molecule has 4 heteroatoms. The van der Waals surface area contributed by atoms with Crippen molar-refractivity contribution in [3.63, 3.8) is 0 Å². The fraction of sp³-hybridized carbons (Fsp3) is 0.917. The Balaban J connectivity index is 1.79. The van der Waals surface area contributed by atoms with Gasteiger partial charge in [0.1, 0.15) is 0 Å². The standard InChI is InChI=1S/C12H23N3O/c1-9-8-15(7-6-11(9)13-2)12(16)14-10-4-3-5-10/h9-11,13H,3-8H2,1-2H3,(H,14,16). The second-order valence-electron chi connectivity index (χ2n) is 5.18. The molecule has 0 radical (unpaired) electrons. The maximum atomic E-state index is 11.9. The molecule has 92 valence electrons. The summed E-state index contributed by atoms with van der Waals surface area (Å²) in [6.45, 7) is 3.97. The Morgan fingerprint density at radius 3 is 2.56 bits per heavy atom. The van der Waals surface area contributed by atoms with Gasteiger partial charge in [-0.1, -0.05) is 6.92 Å². The topological polar surface area (TPSA) is 44.4 Å². The van der Waals surface area contributed by atoms with Crippen LogP contribution in [0.15, 0.2) is 0 Å². The van der Waals surface area contributed by atoms with Crippen LogP contribution in [0.25, 0.3) is 0 Å². The van der Waals surface area contributed by atoms with Crippen molar-refractivity contribution in [2.45, 2.75) is 44.7 Å². The molecule has 1 heterocycles. The van der Waals surface area contributed by atoms with Gasteiger partial charge in [-0.15, -0.1) is 0 Å². The van der Waals surface area contributed by atoms with E-state index in [1.54, 1.807) is 0 Å². The number of likely N-dealkylation sites (tertiary alicyclic amines) is 1. The second-order valence-corrected chi connectivity index (χ2v) is 5.18. The van der Waals surface area contributed by atoms with Crippen LogP contribution < -0.4 is 10.6 Å². The summed E-state index contributed by atoms with van der Waals surface area (Å²) >= 11 is 0. The molecule has 1 aliphatic carbocycles. The Morgan fingerprint density at radius 1 is 1.31 bits per heavy atom. The number of rotatable bonds is 2. The number of hydrogen-bond donors (Lipinski definition) is 2. The van der Waals surface area contributed by atoms with Crippen LogP contribution in [0.2, 0.25) is 0 Å². The second kappa shape index (κ2) is 5.04. The fourth-order valence-corrected chi connectivity index (χ4v) is 2.58. The summed E-state index contributed by atoms with van der Waals surface area (Å²) in [5.74, 6) is 0.547. The predicted octanol–water partition coefficient (Wildman–Crippen LogP) is 1.18. The predicted molar refractivity (Wildman–Crippen MR) is 64.4 cm³/mol. The molecule has 1 saturated heterocycles. The average molecular weight is 225 g/mol. The molecular formula is C12H23N3O. The maximum absolute atomic E-state index is 11.9. The van der Waals surface area contributed by atoms with E-state index in [0.717, 1.165) is 32.4 Å². The lowest BCUT2D eigenvalue weighted by Crippen LogP contribution is -2.54. The minimum atomic E-state index is 0.145. The van der Waals surface area contributed by atoms with Crippen molar-refractivity contribution < 1.29 is 4.79 Å². The van der Waals surface area contributed by atoms with Crippen molar-refractivity contribution in [1.82, 2.24) is 15.5 Å². The van der Waals surface area contributed by atoms with E-state index in [1.165, 1.54) is 6.42 Å². The molecule has 0 aromatic heterocycles. The van der Waals surface area contributed by atoms with Crippen LogP contribution >= 0.6 is 0 Å². The Hall–Kier alpha value is -0.770. The highest BCUT2D eigenvalue weighted by Crippen LogP contribution is 2.20. The van der Waals surface area contributed by atoms with E-state index in [2.05, 4.69) is 17.6 Å². The van der Waals surface area contributed by atoms with Crippen molar-refractivity contribution in [1.29, 1.82) is 0 Å². The van der Waals surface area contributed by atoms with Gasteiger partial charge in [0.25, 0.3) is 0 Å². The number of hydrogen-bond acceptors (Lipinski definition) is 2. The van der Waals surface area contributed by atoms with E-state index in [1.807, 2.05) is 11.9 Å². The van der Waals surface area contributed by atoms with Crippen molar-refractivity contribution in [3.8, 4) is 0 Å².